The van der Waals surface area contributed by atoms with Gasteiger partial charge in [-0.3, -0.25) is 19.8 Å². The number of methoxy groups -OCH3 is 1. The van der Waals surface area contributed by atoms with Crippen LogP contribution in [0, 0.1) is 17.0 Å². The molecule has 8 nitrogen and oxygen atoms in total. The van der Waals surface area contributed by atoms with E-state index < -0.39 is 4.92 Å². The normalized spacial score (nSPS) is 14.8. The summed E-state index contributed by atoms with van der Waals surface area (Å²) in [6.07, 6.45) is 1.70. The molecule has 3 rings (SSSR count). The standard InChI is InChI=1S/C21H21N3O5S/c1-4-23-20(25)16(22-21(23)30)11-14-6-8-18(28-3)15(10-14)12-29-19-9-13(2)5-7-17(19)24(26)27/h5-11H,4,12H2,1-3H3,(H,22,30)/b16-11+. The number of ether oxygens (including phenoxy) is 2. The Hall–Kier alpha value is -3.46. The fourth-order valence-electron chi connectivity index (χ4n) is 3.07. The van der Waals surface area contributed by atoms with E-state index in [-0.39, 0.29) is 24.0 Å². The van der Waals surface area contributed by atoms with Crippen molar-refractivity contribution in [3.63, 3.8) is 0 Å². The molecule has 156 valence electrons. The Balaban J connectivity index is 1.87. The fraction of sp³-hybridized carbons (Fsp3) is 0.238. The Labute approximate surface area is 179 Å². The highest BCUT2D eigenvalue weighted by molar-refractivity contribution is 7.80. The van der Waals surface area contributed by atoms with Gasteiger partial charge in [0.25, 0.3) is 5.91 Å². The summed E-state index contributed by atoms with van der Waals surface area (Å²) in [5, 5.41) is 14.6. The van der Waals surface area contributed by atoms with E-state index in [1.165, 1.54) is 18.1 Å². The molecular weight excluding hydrogens is 406 g/mol. The topological polar surface area (TPSA) is 93.9 Å². The van der Waals surface area contributed by atoms with Crippen LogP contribution in [-0.2, 0) is 11.4 Å². The van der Waals surface area contributed by atoms with Gasteiger partial charge in [-0.2, -0.15) is 0 Å². The summed E-state index contributed by atoms with van der Waals surface area (Å²) in [6, 6.07) is 10.1. The summed E-state index contributed by atoms with van der Waals surface area (Å²) >= 11 is 5.17. The molecule has 9 heteroatoms. The second kappa shape index (κ2) is 8.91. The second-order valence-electron chi connectivity index (χ2n) is 6.63. The van der Waals surface area contributed by atoms with Crippen LogP contribution in [0.4, 0.5) is 5.69 Å². The summed E-state index contributed by atoms with van der Waals surface area (Å²) in [7, 11) is 1.53. The molecule has 0 bridgehead atoms. The van der Waals surface area contributed by atoms with E-state index in [4.69, 9.17) is 21.7 Å². The van der Waals surface area contributed by atoms with E-state index in [0.717, 1.165) is 11.1 Å². The van der Waals surface area contributed by atoms with E-state index >= 15 is 0 Å². The number of carbonyl (C=O) groups is 1. The van der Waals surface area contributed by atoms with Gasteiger partial charge in [-0.05, 0) is 61.5 Å². The average Bonchev–Trinajstić information content (AvgIpc) is 2.98. The Morgan fingerprint density at radius 3 is 2.63 bits per heavy atom. The van der Waals surface area contributed by atoms with Gasteiger partial charge in [0, 0.05) is 18.2 Å². The van der Waals surface area contributed by atoms with E-state index in [9.17, 15) is 14.9 Å². The minimum atomic E-state index is -0.480. The lowest BCUT2D eigenvalue weighted by atomic mass is 10.1. The van der Waals surface area contributed by atoms with Gasteiger partial charge < -0.3 is 14.8 Å². The van der Waals surface area contributed by atoms with Crippen LogP contribution in [0.25, 0.3) is 6.08 Å². The zero-order chi connectivity index (χ0) is 21.8. The van der Waals surface area contributed by atoms with Crippen molar-refractivity contribution in [3.8, 4) is 11.5 Å². The van der Waals surface area contributed by atoms with Crippen molar-refractivity contribution in [2.45, 2.75) is 20.5 Å². The van der Waals surface area contributed by atoms with Crippen LogP contribution in [0.2, 0.25) is 0 Å². The van der Waals surface area contributed by atoms with Crippen molar-refractivity contribution in [1.29, 1.82) is 0 Å². The number of carbonyl (C=O) groups excluding carboxylic acids is 1. The van der Waals surface area contributed by atoms with Crippen LogP contribution >= 0.6 is 12.2 Å². The van der Waals surface area contributed by atoms with Crippen LogP contribution < -0.4 is 14.8 Å². The van der Waals surface area contributed by atoms with Crippen molar-refractivity contribution in [3.05, 3.63) is 68.9 Å². The molecule has 2 aromatic rings. The number of benzene rings is 2. The van der Waals surface area contributed by atoms with E-state index in [1.54, 1.807) is 36.4 Å². The quantitative estimate of drug-likeness (QED) is 0.312. The van der Waals surface area contributed by atoms with E-state index in [0.29, 0.717) is 28.7 Å². The van der Waals surface area contributed by atoms with Crippen LogP contribution in [0.1, 0.15) is 23.6 Å². The molecular formula is C21H21N3O5S. The van der Waals surface area contributed by atoms with Gasteiger partial charge >= 0.3 is 5.69 Å². The molecule has 0 saturated carbocycles. The summed E-state index contributed by atoms with van der Waals surface area (Å²) < 4.78 is 11.1. The highest BCUT2D eigenvalue weighted by Crippen LogP contribution is 2.30. The van der Waals surface area contributed by atoms with E-state index in [1.807, 2.05) is 13.8 Å². The lowest BCUT2D eigenvalue weighted by molar-refractivity contribution is -0.386. The van der Waals surface area contributed by atoms with Gasteiger partial charge in [0.1, 0.15) is 18.1 Å². The van der Waals surface area contributed by atoms with Crippen LogP contribution in [0.5, 0.6) is 11.5 Å². The molecule has 30 heavy (non-hydrogen) atoms. The van der Waals surface area contributed by atoms with Crippen LogP contribution in [-0.4, -0.2) is 34.5 Å². The smallest absolute Gasteiger partial charge is 0.310 e. The molecule has 1 amide bonds. The summed E-state index contributed by atoms with van der Waals surface area (Å²) in [5.74, 6) is 0.567. The summed E-state index contributed by atoms with van der Waals surface area (Å²) in [4.78, 5) is 24.7. The predicted octanol–water partition coefficient (Wildman–Crippen LogP) is 3.57. The Bertz CT molecular complexity index is 1050. The molecule has 1 saturated heterocycles. The molecule has 0 radical (unpaired) electrons. The molecule has 0 unspecified atom stereocenters. The first-order chi connectivity index (χ1) is 14.3. The number of likely N-dealkylation sites (N-methyl/N-ethyl adjacent to an activating group) is 1. The number of aryl methyl sites for hydroxylation is 1. The van der Waals surface area contributed by atoms with E-state index in [2.05, 4.69) is 5.32 Å². The molecule has 1 heterocycles. The number of nitro groups is 1. The van der Waals surface area contributed by atoms with Gasteiger partial charge in [-0.25, -0.2) is 0 Å². The molecule has 1 aliphatic heterocycles. The Morgan fingerprint density at radius 1 is 1.23 bits per heavy atom. The Kier molecular flexibility index (Phi) is 6.31. The maximum absolute atomic E-state index is 12.4. The number of amides is 1. The number of hydrogen-bond acceptors (Lipinski definition) is 6. The zero-order valence-electron chi connectivity index (χ0n) is 16.8. The number of rotatable bonds is 7. The third-order valence-electron chi connectivity index (χ3n) is 4.59. The van der Waals surface area contributed by atoms with Crippen molar-refractivity contribution in [2.75, 3.05) is 13.7 Å². The lowest BCUT2D eigenvalue weighted by Gasteiger charge is -2.12. The highest BCUT2D eigenvalue weighted by atomic mass is 32.1. The minimum absolute atomic E-state index is 0.0609. The predicted molar refractivity (Wildman–Crippen MR) is 116 cm³/mol. The number of nitrogens with one attached hydrogen (secondary N) is 1. The average molecular weight is 427 g/mol. The first-order valence-electron chi connectivity index (χ1n) is 9.23. The summed E-state index contributed by atoms with van der Waals surface area (Å²) in [5.41, 5.74) is 2.55. The van der Waals surface area contributed by atoms with Gasteiger partial charge in [-0.1, -0.05) is 12.1 Å². The second-order valence-corrected chi connectivity index (χ2v) is 7.01. The molecule has 1 N–H and O–H groups in total. The molecule has 2 aromatic carbocycles. The van der Waals surface area contributed by atoms with Gasteiger partial charge in [0.15, 0.2) is 10.9 Å². The maximum atomic E-state index is 12.4. The van der Waals surface area contributed by atoms with Crippen molar-refractivity contribution < 1.29 is 19.2 Å². The molecule has 0 atom stereocenters. The molecule has 1 fully saturated rings. The fourth-order valence-corrected chi connectivity index (χ4v) is 3.39. The van der Waals surface area contributed by atoms with Crippen molar-refractivity contribution in [2.24, 2.45) is 0 Å². The minimum Gasteiger partial charge on any atom is -0.496 e. The number of hydrogen-bond donors (Lipinski definition) is 1. The molecule has 0 spiro atoms. The number of thiocarbonyl (C=S) groups is 1. The van der Waals surface area contributed by atoms with Crippen molar-refractivity contribution in [1.82, 2.24) is 10.2 Å². The first-order valence-corrected chi connectivity index (χ1v) is 9.64. The lowest BCUT2D eigenvalue weighted by Crippen LogP contribution is -2.30. The third-order valence-corrected chi connectivity index (χ3v) is 4.91. The van der Waals surface area contributed by atoms with Crippen molar-refractivity contribution >= 4 is 35.0 Å². The third kappa shape index (κ3) is 4.41. The van der Waals surface area contributed by atoms with Crippen LogP contribution in [0.3, 0.4) is 0 Å². The van der Waals surface area contributed by atoms with Gasteiger partial charge in [0.05, 0.1) is 12.0 Å². The van der Waals surface area contributed by atoms with Gasteiger partial charge in [0.2, 0.25) is 0 Å². The molecule has 0 aromatic heterocycles. The summed E-state index contributed by atoms with van der Waals surface area (Å²) in [6.45, 7) is 4.23. The first kappa shape index (κ1) is 21.3. The largest absolute Gasteiger partial charge is 0.496 e. The maximum Gasteiger partial charge on any atom is 0.310 e. The highest BCUT2D eigenvalue weighted by Gasteiger charge is 2.29. The zero-order valence-corrected chi connectivity index (χ0v) is 17.6. The molecule has 0 aliphatic carbocycles. The number of nitrogens with zero attached hydrogens (tertiary/aromatic N) is 2. The van der Waals surface area contributed by atoms with Crippen LogP contribution in [0.15, 0.2) is 42.1 Å². The number of nitro benzene ring substituents is 1. The molecule has 1 aliphatic rings. The van der Waals surface area contributed by atoms with Gasteiger partial charge in [-0.15, -0.1) is 0 Å². The SMILES string of the molecule is CCN1C(=O)/C(=C\c2ccc(OC)c(COc3cc(C)ccc3[N+](=O)[O-])c2)NC1=S. The Morgan fingerprint density at radius 2 is 2.00 bits per heavy atom. The monoisotopic (exact) mass is 427 g/mol.